The maximum Gasteiger partial charge on any atom is 0.273 e. The van der Waals surface area contributed by atoms with Crippen molar-refractivity contribution in [3.63, 3.8) is 0 Å². The van der Waals surface area contributed by atoms with Crippen LogP contribution in [0.25, 0.3) is 0 Å². The first-order valence-corrected chi connectivity index (χ1v) is 7.77. The van der Waals surface area contributed by atoms with E-state index in [1.165, 1.54) is 0 Å². The molecule has 1 unspecified atom stereocenters. The van der Waals surface area contributed by atoms with Crippen LogP contribution in [0.1, 0.15) is 34.1 Å². The SMILES string of the molecule is O=C1CCc2cc(NC(=O)c3ccncc3C(F)C(F)F)c(F)c(F)c2N1. The average Bonchev–Trinajstić information content (AvgIpc) is 2.65. The van der Waals surface area contributed by atoms with E-state index in [4.69, 9.17) is 0 Å². The van der Waals surface area contributed by atoms with Gasteiger partial charge in [-0.1, -0.05) is 0 Å². The number of anilines is 2. The van der Waals surface area contributed by atoms with Crippen LogP contribution in [-0.2, 0) is 11.2 Å². The van der Waals surface area contributed by atoms with Crippen molar-refractivity contribution in [2.45, 2.75) is 25.4 Å². The van der Waals surface area contributed by atoms with Gasteiger partial charge >= 0.3 is 0 Å². The lowest BCUT2D eigenvalue weighted by molar-refractivity contribution is -0.116. The van der Waals surface area contributed by atoms with Gasteiger partial charge in [0.2, 0.25) is 5.91 Å². The van der Waals surface area contributed by atoms with Crippen LogP contribution in [0.4, 0.5) is 33.3 Å². The number of alkyl halides is 3. The van der Waals surface area contributed by atoms with E-state index in [0.717, 1.165) is 24.5 Å². The molecule has 1 aromatic heterocycles. The zero-order valence-corrected chi connectivity index (χ0v) is 13.5. The molecule has 142 valence electrons. The van der Waals surface area contributed by atoms with Crippen LogP contribution in [0.5, 0.6) is 0 Å². The first-order chi connectivity index (χ1) is 12.8. The fraction of sp³-hybridized carbons (Fsp3) is 0.235. The van der Waals surface area contributed by atoms with Crippen LogP contribution in [0.3, 0.4) is 0 Å². The second-order valence-corrected chi connectivity index (χ2v) is 5.79. The highest BCUT2D eigenvalue weighted by atomic mass is 19.3. The van der Waals surface area contributed by atoms with E-state index in [0.29, 0.717) is 0 Å². The van der Waals surface area contributed by atoms with Gasteiger partial charge in [-0.2, -0.15) is 0 Å². The topological polar surface area (TPSA) is 71.1 Å². The van der Waals surface area contributed by atoms with Gasteiger partial charge < -0.3 is 10.6 Å². The van der Waals surface area contributed by atoms with Gasteiger partial charge in [-0.15, -0.1) is 0 Å². The van der Waals surface area contributed by atoms with Gasteiger partial charge in [0, 0.05) is 29.9 Å². The molecule has 2 N–H and O–H groups in total. The zero-order valence-electron chi connectivity index (χ0n) is 13.5. The van der Waals surface area contributed by atoms with Crippen molar-refractivity contribution < 1.29 is 31.5 Å². The third kappa shape index (κ3) is 3.60. The van der Waals surface area contributed by atoms with Crippen LogP contribution in [0.2, 0.25) is 0 Å². The van der Waals surface area contributed by atoms with Crippen molar-refractivity contribution in [1.82, 2.24) is 4.98 Å². The van der Waals surface area contributed by atoms with Crippen molar-refractivity contribution in [2.75, 3.05) is 10.6 Å². The molecule has 2 heterocycles. The third-order valence-electron chi connectivity index (χ3n) is 4.04. The van der Waals surface area contributed by atoms with E-state index < -0.39 is 52.9 Å². The lowest BCUT2D eigenvalue weighted by Gasteiger charge is -2.20. The number of benzene rings is 1. The number of carbonyl (C=O) groups excluding carboxylic acids is 2. The molecule has 1 aliphatic heterocycles. The number of aryl methyl sites for hydroxylation is 1. The maximum atomic E-state index is 14.2. The Balaban J connectivity index is 1.94. The fourth-order valence-corrected chi connectivity index (χ4v) is 2.71. The van der Waals surface area contributed by atoms with Gasteiger partial charge in [0.25, 0.3) is 12.3 Å². The molecule has 0 aliphatic carbocycles. The first-order valence-electron chi connectivity index (χ1n) is 7.77. The predicted molar refractivity (Wildman–Crippen MR) is 85.4 cm³/mol. The van der Waals surface area contributed by atoms with Gasteiger partial charge in [0.15, 0.2) is 17.8 Å². The Morgan fingerprint density at radius 2 is 1.93 bits per heavy atom. The molecule has 3 rings (SSSR count). The minimum atomic E-state index is -3.39. The molecule has 0 radical (unpaired) electrons. The molecule has 2 amide bonds. The Morgan fingerprint density at radius 3 is 2.63 bits per heavy atom. The number of hydrogen-bond donors (Lipinski definition) is 2. The Labute approximate surface area is 149 Å². The van der Waals surface area contributed by atoms with Gasteiger partial charge in [-0.25, -0.2) is 22.0 Å². The van der Waals surface area contributed by atoms with Crippen LogP contribution in [0, 0.1) is 11.6 Å². The van der Waals surface area contributed by atoms with Crippen molar-refractivity contribution in [2.24, 2.45) is 0 Å². The highest BCUT2D eigenvalue weighted by molar-refractivity contribution is 6.05. The van der Waals surface area contributed by atoms with Gasteiger partial charge in [-0.05, 0) is 24.1 Å². The smallest absolute Gasteiger partial charge is 0.273 e. The van der Waals surface area contributed by atoms with Crippen molar-refractivity contribution >= 4 is 23.2 Å². The molecule has 1 aromatic carbocycles. The monoisotopic (exact) mass is 385 g/mol. The summed E-state index contributed by atoms with van der Waals surface area (Å²) < 4.78 is 67.4. The number of aromatic nitrogens is 1. The quantitative estimate of drug-likeness (QED) is 0.787. The average molecular weight is 385 g/mol. The van der Waals surface area contributed by atoms with E-state index in [9.17, 15) is 31.5 Å². The van der Waals surface area contributed by atoms with Gasteiger partial charge in [0.05, 0.1) is 11.4 Å². The summed E-state index contributed by atoms with van der Waals surface area (Å²) in [5.74, 6) is -4.37. The van der Waals surface area contributed by atoms with E-state index in [2.05, 4.69) is 15.6 Å². The summed E-state index contributed by atoms with van der Waals surface area (Å²) in [6.07, 6.45) is -4.12. The number of carbonyl (C=O) groups is 2. The van der Waals surface area contributed by atoms with Crippen LogP contribution < -0.4 is 10.6 Å². The number of fused-ring (bicyclic) bond motifs is 1. The summed E-state index contributed by atoms with van der Waals surface area (Å²) in [7, 11) is 0. The predicted octanol–water partition coefficient (Wildman–Crippen LogP) is 3.77. The fourth-order valence-electron chi connectivity index (χ4n) is 2.71. The maximum absolute atomic E-state index is 14.2. The number of halogens is 5. The molecular formula is C17H12F5N3O2. The number of amides is 2. The van der Waals surface area contributed by atoms with E-state index in [1.54, 1.807) is 0 Å². The molecular weight excluding hydrogens is 373 g/mol. The van der Waals surface area contributed by atoms with Crippen molar-refractivity contribution in [3.05, 3.63) is 52.9 Å². The minimum absolute atomic E-state index is 0.0535. The number of pyridine rings is 1. The highest BCUT2D eigenvalue weighted by Gasteiger charge is 2.28. The Hall–Kier alpha value is -3.04. The van der Waals surface area contributed by atoms with Crippen molar-refractivity contribution in [3.8, 4) is 0 Å². The summed E-state index contributed by atoms with van der Waals surface area (Å²) in [5, 5.41) is 4.27. The molecule has 0 saturated heterocycles. The molecule has 5 nitrogen and oxygen atoms in total. The summed E-state index contributed by atoms with van der Waals surface area (Å²) in [5.41, 5.74) is -1.76. The summed E-state index contributed by atoms with van der Waals surface area (Å²) in [6.45, 7) is 0. The molecule has 0 spiro atoms. The molecule has 2 aromatic rings. The van der Waals surface area contributed by atoms with E-state index in [1.807, 2.05) is 0 Å². The van der Waals surface area contributed by atoms with E-state index in [-0.39, 0.29) is 24.1 Å². The van der Waals surface area contributed by atoms with Gasteiger partial charge in [0.1, 0.15) is 0 Å². The van der Waals surface area contributed by atoms with Gasteiger partial charge in [-0.3, -0.25) is 14.6 Å². The normalized spacial score (nSPS) is 14.5. The number of hydrogen-bond acceptors (Lipinski definition) is 3. The lowest BCUT2D eigenvalue weighted by atomic mass is 10.0. The number of nitrogens with one attached hydrogen (secondary N) is 2. The molecule has 0 bridgehead atoms. The molecule has 1 atom stereocenters. The molecule has 0 saturated carbocycles. The number of rotatable bonds is 4. The lowest BCUT2D eigenvalue weighted by Crippen LogP contribution is -2.22. The Kier molecular flexibility index (Phi) is 5.06. The highest BCUT2D eigenvalue weighted by Crippen LogP contribution is 2.33. The summed E-state index contributed by atoms with van der Waals surface area (Å²) >= 11 is 0. The standard InChI is InChI=1S/C17H12F5N3O2/c18-12(16(21)22)9-6-23-4-3-8(9)17(27)24-10-5-7-1-2-11(26)25-15(7)14(20)13(10)19/h3-6,12,16H,1-2H2,(H,24,27)(H,25,26). The summed E-state index contributed by atoms with van der Waals surface area (Å²) in [4.78, 5) is 27.2. The Bertz CT molecular complexity index is 920. The minimum Gasteiger partial charge on any atom is -0.323 e. The Morgan fingerprint density at radius 1 is 1.19 bits per heavy atom. The molecule has 0 fully saturated rings. The molecule has 1 aliphatic rings. The van der Waals surface area contributed by atoms with Crippen LogP contribution >= 0.6 is 0 Å². The second kappa shape index (κ2) is 7.29. The number of nitrogens with zero attached hydrogens (tertiary/aromatic N) is 1. The van der Waals surface area contributed by atoms with Crippen LogP contribution in [-0.4, -0.2) is 23.2 Å². The largest absolute Gasteiger partial charge is 0.323 e. The molecule has 27 heavy (non-hydrogen) atoms. The van der Waals surface area contributed by atoms with E-state index >= 15 is 0 Å². The third-order valence-corrected chi connectivity index (χ3v) is 4.04. The molecule has 10 heteroatoms. The van der Waals surface area contributed by atoms with Crippen molar-refractivity contribution in [1.29, 1.82) is 0 Å². The summed E-state index contributed by atoms with van der Waals surface area (Å²) in [6, 6.07) is 2.12. The zero-order chi connectivity index (χ0) is 19.7. The second-order valence-electron chi connectivity index (χ2n) is 5.79. The van der Waals surface area contributed by atoms with Crippen LogP contribution in [0.15, 0.2) is 24.5 Å². The first kappa shape index (κ1) is 18.7.